The minimum absolute atomic E-state index is 0.119. The molecule has 4 amide bonds. The third kappa shape index (κ3) is 3.42. The van der Waals surface area contributed by atoms with E-state index in [0.717, 1.165) is 21.2 Å². The van der Waals surface area contributed by atoms with E-state index in [0.29, 0.717) is 12.2 Å². The predicted molar refractivity (Wildman–Crippen MR) is 104 cm³/mol. The van der Waals surface area contributed by atoms with Gasteiger partial charge in [0.2, 0.25) is 5.91 Å². The minimum atomic E-state index is -0.889. The summed E-state index contributed by atoms with van der Waals surface area (Å²) in [6, 6.07) is 15.2. The Morgan fingerprint density at radius 1 is 1.07 bits per heavy atom. The number of anilines is 1. The van der Waals surface area contributed by atoms with Crippen molar-refractivity contribution in [1.82, 2.24) is 15.6 Å². The molecular weight excluding hydrogens is 356 g/mol. The van der Waals surface area contributed by atoms with Gasteiger partial charge in [-0.15, -0.1) is 0 Å². The highest BCUT2D eigenvalue weighted by Crippen LogP contribution is 2.29. The molecule has 140 valence electrons. The van der Waals surface area contributed by atoms with Gasteiger partial charge in [-0.25, -0.2) is 9.69 Å². The largest absolute Gasteiger partial charge is 0.352 e. The Labute approximate surface area is 161 Å². The molecule has 0 radical (unpaired) electrons. The lowest BCUT2D eigenvalue weighted by molar-refractivity contribution is -0.125. The fraction of sp³-hybridized carbons (Fsp3) is 0.143. The summed E-state index contributed by atoms with van der Waals surface area (Å²) in [6.45, 7) is 0.314. The quantitative estimate of drug-likeness (QED) is 0.671. The second-order valence-corrected chi connectivity index (χ2v) is 6.52. The maximum atomic E-state index is 12.8. The number of hydrogen-bond acceptors (Lipinski definition) is 4. The Morgan fingerprint density at radius 2 is 1.89 bits per heavy atom. The van der Waals surface area contributed by atoms with Crippen LogP contribution in [0.5, 0.6) is 0 Å². The molecule has 7 heteroatoms. The Morgan fingerprint density at radius 3 is 2.71 bits per heavy atom. The molecule has 1 saturated heterocycles. The van der Waals surface area contributed by atoms with Crippen molar-refractivity contribution < 1.29 is 14.4 Å². The lowest BCUT2D eigenvalue weighted by Crippen LogP contribution is -2.36. The molecule has 0 unspecified atom stereocenters. The molecule has 1 aliphatic rings. The van der Waals surface area contributed by atoms with Crippen molar-refractivity contribution in [3.05, 3.63) is 72.6 Å². The van der Waals surface area contributed by atoms with E-state index < -0.39 is 18.0 Å². The first-order valence-electron chi connectivity index (χ1n) is 8.91. The monoisotopic (exact) mass is 374 g/mol. The highest BCUT2D eigenvalue weighted by atomic mass is 16.2. The summed E-state index contributed by atoms with van der Waals surface area (Å²) < 4.78 is 0. The third-order valence-electron chi connectivity index (χ3n) is 4.63. The number of fused-ring (bicyclic) bond motifs is 1. The zero-order chi connectivity index (χ0) is 19.5. The molecule has 7 nitrogen and oxygen atoms in total. The number of benzene rings is 2. The zero-order valence-corrected chi connectivity index (χ0v) is 15.0. The maximum Gasteiger partial charge on any atom is 0.329 e. The van der Waals surface area contributed by atoms with Gasteiger partial charge in [0.05, 0.1) is 12.1 Å². The minimum Gasteiger partial charge on any atom is -0.352 e. The van der Waals surface area contributed by atoms with Gasteiger partial charge < -0.3 is 10.6 Å². The van der Waals surface area contributed by atoms with Crippen LogP contribution in [0.3, 0.4) is 0 Å². The predicted octanol–water partition coefficient (Wildman–Crippen LogP) is 2.37. The van der Waals surface area contributed by atoms with Crippen LogP contribution in [0, 0.1) is 0 Å². The number of carbonyl (C=O) groups excluding carboxylic acids is 3. The summed E-state index contributed by atoms with van der Waals surface area (Å²) in [5.41, 5.74) is 1.37. The van der Waals surface area contributed by atoms with Crippen LogP contribution in [0.25, 0.3) is 10.8 Å². The van der Waals surface area contributed by atoms with E-state index in [1.165, 1.54) is 0 Å². The van der Waals surface area contributed by atoms with Gasteiger partial charge in [-0.2, -0.15) is 0 Å². The van der Waals surface area contributed by atoms with Gasteiger partial charge in [-0.3, -0.25) is 14.6 Å². The number of hydrogen-bond donors (Lipinski definition) is 2. The van der Waals surface area contributed by atoms with Crippen LogP contribution in [-0.2, 0) is 16.1 Å². The molecule has 2 heterocycles. The average Bonchev–Trinajstić information content (AvgIpc) is 2.99. The maximum absolute atomic E-state index is 12.8. The van der Waals surface area contributed by atoms with Gasteiger partial charge in [0.15, 0.2) is 0 Å². The van der Waals surface area contributed by atoms with Gasteiger partial charge in [-0.1, -0.05) is 42.5 Å². The van der Waals surface area contributed by atoms with Crippen molar-refractivity contribution in [2.45, 2.75) is 19.0 Å². The smallest absolute Gasteiger partial charge is 0.329 e. The topological polar surface area (TPSA) is 91.4 Å². The first-order chi connectivity index (χ1) is 13.6. The van der Waals surface area contributed by atoms with Crippen molar-refractivity contribution in [2.75, 3.05) is 4.90 Å². The second-order valence-electron chi connectivity index (χ2n) is 6.52. The van der Waals surface area contributed by atoms with Gasteiger partial charge in [-0.05, 0) is 23.1 Å². The summed E-state index contributed by atoms with van der Waals surface area (Å²) in [4.78, 5) is 42.6. The van der Waals surface area contributed by atoms with Crippen molar-refractivity contribution in [3.63, 3.8) is 0 Å². The fourth-order valence-electron chi connectivity index (χ4n) is 3.26. The van der Waals surface area contributed by atoms with E-state index in [4.69, 9.17) is 0 Å². The van der Waals surface area contributed by atoms with Crippen LogP contribution >= 0.6 is 0 Å². The third-order valence-corrected chi connectivity index (χ3v) is 4.63. The van der Waals surface area contributed by atoms with Crippen LogP contribution in [0.15, 0.2) is 67.0 Å². The molecule has 1 aliphatic heterocycles. The highest BCUT2D eigenvalue weighted by molar-refractivity contribution is 6.24. The van der Waals surface area contributed by atoms with E-state index >= 15 is 0 Å². The number of amides is 4. The van der Waals surface area contributed by atoms with Crippen LogP contribution in [0.1, 0.15) is 12.0 Å². The molecule has 0 bridgehead atoms. The normalized spacial score (nSPS) is 16.3. The molecule has 0 aliphatic carbocycles. The molecule has 1 aromatic heterocycles. The van der Waals surface area contributed by atoms with E-state index in [9.17, 15) is 14.4 Å². The van der Waals surface area contributed by atoms with Gasteiger partial charge in [0.1, 0.15) is 6.04 Å². The molecular formula is C21H18N4O3. The van der Waals surface area contributed by atoms with Crippen molar-refractivity contribution >= 4 is 34.3 Å². The van der Waals surface area contributed by atoms with E-state index in [1.54, 1.807) is 30.6 Å². The lowest BCUT2D eigenvalue weighted by Gasteiger charge is -2.15. The molecule has 28 heavy (non-hydrogen) atoms. The first kappa shape index (κ1) is 17.7. The van der Waals surface area contributed by atoms with Crippen molar-refractivity contribution in [2.24, 2.45) is 0 Å². The number of aromatic nitrogens is 1. The van der Waals surface area contributed by atoms with Gasteiger partial charge >= 0.3 is 6.03 Å². The van der Waals surface area contributed by atoms with Crippen LogP contribution in [0.4, 0.5) is 10.5 Å². The SMILES string of the molecule is O=C(C[C@@H]1NC(=O)N(c2cccc3ccccc23)C1=O)NCc1cccnc1. The molecule has 2 N–H and O–H groups in total. The fourth-order valence-corrected chi connectivity index (χ4v) is 3.26. The van der Waals surface area contributed by atoms with Crippen LogP contribution in [-0.4, -0.2) is 28.9 Å². The van der Waals surface area contributed by atoms with Crippen molar-refractivity contribution in [1.29, 1.82) is 0 Å². The summed E-state index contributed by atoms with van der Waals surface area (Å²) >= 11 is 0. The highest BCUT2D eigenvalue weighted by Gasteiger charge is 2.40. The van der Waals surface area contributed by atoms with Crippen LogP contribution < -0.4 is 15.5 Å². The summed E-state index contributed by atoms with van der Waals surface area (Å²) in [6.07, 6.45) is 3.19. The second kappa shape index (κ2) is 7.48. The van der Waals surface area contributed by atoms with Crippen LogP contribution in [0.2, 0.25) is 0 Å². The van der Waals surface area contributed by atoms with Crippen molar-refractivity contribution in [3.8, 4) is 0 Å². The molecule has 1 fully saturated rings. The number of imide groups is 1. The van der Waals surface area contributed by atoms with E-state index in [2.05, 4.69) is 15.6 Å². The number of carbonyl (C=O) groups is 3. The van der Waals surface area contributed by atoms with Gasteiger partial charge in [0, 0.05) is 24.3 Å². The summed E-state index contributed by atoms with van der Waals surface area (Å²) in [5.74, 6) is -0.750. The van der Waals surface area contributed by atoms with E-state index in [1.807, 2.05) is 36.4 Å². The standard InChI is InChI=1S/C21H18N4O3/c26-19(23-13-14-5-4-10-22-12-14)11-17-20(27)25(21(28)24-17)18-9-3-7-15-6-1-2-8-16(15)18/h1-10,12,17H,11,13H2,(H,23,26)(H,24,28)/t17-/m0/s1. The Kier molecular flexibility index (Phi) is 4.72. The lowest BCUT2D eigenvalue weighted by atomic mass is 10.1. The summed E-state index contributed by atoms with van der Waals surface area (Å²) in [5, 5.41) is 7.08. The van der Waals surface area contributed by atoms with Gasteiger partial charge in [0.25, 0.3) is 5.91 Å². The average molecular weight is 374 g/mol. The molecule has 3 aromatic rings. The molecule has 1 atom stereocenters. The molecule has 0 spiro atoms. The molecule has 0 saturated carbocycles. The number of rotatable bonds is 5. The Hall–Kier alpha value is -3.74. The van der Waals surface area contributed by atoms with E-state index in [-0.39, 0.29) is 12.3 Å². The summed E-state index contributed by atoms with van der Waals surface area (Å²) in [7, 11) is 0. The number of urea groups is 1. The number of nitrogens with one attached hydrogen (secondary N) is 2. The zero-order valence-electron chi connectivity index (χ0n) is 15.0. The Bertz CT molecular complexity index is 1050. The molecule has 4 rings (SSSR count). The first-order valence-corrected chi connectivity index (χ1v) is 8.91. The Balaban J connectivity index is 1.47. The number of nitrogens with zero attached hydrogens (tertiary/aromatic N) is 2. The molecule has 2 aromatic carbocycles. The number of pyridine rings is 1.